The molecule has 0 saturated carbocycles. The second-order valence-corrected chi connectivity index (χ2v) is 13.2. The molecule has 7 aromatic rings. The van der Waals surface area contributed by atoms with Crippen LogP contribution in [0.25, 0.3) is 10.8 Å². The van der Waals surface area contributed by atoms with Crippen LogP contribution in [0, 0.1) is 116 Å². The molecule has 1 aromatic heterocycles. The maximum atomic E-state index is 15.4. The zero-order valence-corrected chi connectivity index (χ0v) is 30.1. The summed E-state index contributed by atoms with van der Waals surface area (Å²) in [5.41, 5.74) is -13.2. The van der Waals surface area contributed by atoms with Crippen molar-refractivity contribution in [1.82, 2.24) is 0 Å². The Labute approximate surface area is 337 Å². The van der Waals surface area contributed by atoms with Crippen LogP contribution < -0.4 is 26.4 Å². The fraction of sp³-hybridized carbons (Fsp3) is 0.0250. The van der Waals surface area contributed by atoms with E-state index in [1.807, 2.05) is 47.2 Å². The lowest BCUT2D eigenvalue weighted by Crippen LogP contribution is -2.81. The third-order valence-corrected chi connectivity index (χ3v) is 9.77. The van der Waals surface area contributed by atoms with Crippen molar-refractivity contribution in [2.45, 2.75) is 6.54 Å². The molecule has 7 rings (SSSR count). The summed E-state index contributed by atoms with van der Waals surface area (Å²) in [5.74, 6) is -71.1. The molecule has 1 N–H and O–H groups in total. The van der Waals surface area contributed by atoms with Gasteiger partial charge in [-0.05, 0) is 11.5 Å². The summed E-state index contributed by atoms with van der Waals surface area (Å²) in [6, 6.07) is 20.0. The Hall–Kier alpha value is -6.81. The van der Waals surface area contributed by atoms with E-state index in [1.54, 1.807) is 6.07 Å². The molecular weight excluding hydrogens is 901 g/mol. The van der Waals surface area contributed by atoms with Gasteiger partial charge in [0.1, 0.15) is 52.7 Å². The van der Waals surface area contributed by atoms with Crippen LogP contribution in [0.1, 0.15) is 5.56 Å². The largest absolute Gasteiger partial charge is 0.460 e. The Balaban J connectivity index is 0.000000302. The number of halogens is 20. The van der Waals surface area contributed by atoms with E-state index in [2.05, 4.69) is 18.2 Å². The highest BCUT2D eigenvalue weighted by Crippen LogP contribution is 2.31. The van der Waals surface area contributed by atoms with E-state index in [0.717, 1.165) is 10.8 Å². The first-order chi connectivity index (χ1) is 29.5. The number of pyridine rings is 1. The van der Waals surface area contributed by atoms with Crippen LogP contribution in [0.4, 0.5) is 87.8 Å². The van der Waals surface area contributed by atoms with Gasteiger partial charge in [0.25, 0.3) is 0 Å². The fourth-order valence-electron chi connectivity index (χ4n) is 7.00. The summed E-state index contributed by atoms with van der Waals surface area (Å²) in [4.78, 5) is 0. The van der Waals surface area contributed by atoms with Crippen LogP contribution in [0.15, 0.2) is 66.9 Å². The molecule has 0 spiro atoms. The Bertz CT molecular complexity index is 2620. The van der Waals surface area contributed by atoms with E-state index >= 15 is 35.1 Å². The van der Waals surface area contributed by atoms with Crippen molar-refractivity contribution in [2.24, 2.45) is 0 Å². The minimum Gasteiger partial charge on any atom is -0.460 e. The predicted octanol–water partition coefficient (Wildman–Crippen LogP) is 8.73. The van der Waals surface area contributed by atoms with E-state index in [1.165, 1.54) is 5.56 Å². The summed E-state index contributed by atoms with van der Waals surface area (Å²) < 4.78 is 296. The smallest absolute Gasteiger partial charge is 0.366 e. The molecule has 0 saturated heterocycles. The summed E-state index contributed by atoms with van der Waals surface area (Å²) in [6.45, 7) is 0.678. The quantitative estimate of drug-likeness (QED) is 0.0584. The van der Waals surface area contributed by atoms with Crippen molar-refractivity contribution in [3.8, 4) is 5.88 Å². The van der Waals surface area contributed by atoms with E-state index < -0.39 is 144 Å². The highest BCUT2D eigenvalue weighted by Gasteiger charge is 2.52. The third kappa shape index (κ3) is 7.11. The highest BCUT2D eigenvalue weighted by molar-refractivity contribution is 7.20. The number of rotatable bonds is 6. The minimum atomic E-state index is -7.22. The number of hydrogen-bond acceptors (Lipinski definition) is 1. The van der Waals surface area contributed by atoms with Gasteiger partial charge in [-0.15, -0.1) is 21.9 Å². The van der Waals surface area contributed by atoms with Crippen LogP contribution in [0.5, 0.6) is 5.88 Å². The molecule has 63 heavy (non-hydrogen) atoms. The molecule has 328 valence electrons. The van der Waals surface area contributed by atoms with Gasteiger partial charge in [0.2, 0.25) is 0 Å². The normalized spacial score (nSPS) is 11.6. The van der Waals surface area contributed by atoms with Gasteiger partial charge in [-0.3, -0.25) is 0 Å². The van der Waals surface area contributed by atoms with Gasteiger partial charge >= 0.3 is 5.88 Å². The molecule has 0 aliphatic carbocycles. The van der Waals surface area contributed by atoms with Crippen molar-refractivity contribution in [1.29, 1.82) is 0 Å². The third-order valence-electron chi connectivity index (χ3n) is 9.77. The lowest BCUT2D eigenvalue weighted by atomic mass is 9.12. The summed E-state index contributed by atoms with van der Waals surface area (Å²) in [5, 5.41) is 12.2. The zero-order chi connectivity index (χ0) is 46.7. The Morgan fingerprint density at radius 1 is 0.333 bits per heavy atom. The highest BCUT2D eigenvalue weighted by atomic mass is 19.2. The average molecular weight is 915 g/mol. The molecule has 0 fully saturated rings. The van der Waals surface area contributed by atoms with Crippen LogP contribution in [-0.2, 0) is 6.54 Å². The lowest BCUT2D eigenvalue weighted by Gasteiger charge is -2.44. The van der Waals surface area contributed by atoms with Gasteiger partial charge < -0.3 is 5.11 Å². The Kier molecular flexibility index (Phi) is 12.2. The second-order valence-electron chi connectivity index (χ2n) is 13.2. The Morgan fingerprint density at radius 3 is 0.889 bits per heavy atom. The van der Waals surface area contributed by atoms with Gasteiger partial charge in [0.15, 0.2) is 82.5 Å². The first-order valence-corrected chi connectivity index (χ1v) is 16.9. The topological polar surface area (TPSA) is 24.1 Å². The molecule has 6 aromatic carbocycles. The minimum absolute atomic E-state index is 0.289. The molecule has 1 heterocycles. The number of aromatic nitrogens is 1. The van der Waals surface area contributed by atoms with Crippen molar-refractivity contribution in [2.75, 3.05) is 0 Å². The molecule has 0 aliphatic heterocycles. The van der Waals surface area contributed by atoms with E-state index in [4.69, 9.17) is 0 Å². The van der Waals surface area contributed by atoms with Crippen LogP contribution >= 0.6 is 0 Å². The molecule has 0 unspecified atom stereocenters. The van der Waals surface area contributed by atoms with Crippen molar-refractivity contribution < 1.29 is 97.5 Å². The summed E-state index contributed by atoms with van der Waals surface area (Å²) in [6.07, 6.45) is -5.23. The SMILES string of the molecule is Fc1c(F)c(F)c([B-](c2c(F)c(F)c(F)c(F)c2F)(c2c(F)c(F)c(F)c(F)c2F)c2c(F)c(F)c(F)c(F)c2F)c(F)c1F.Oc1cc2ccccc2c[n+]1Cc1ccccc1. The molecular formula is C40H14BF20NO. The van der Waals surface area contributed by atoms with Crippen molar-refractivity contribution in [3.05, 3.63) is 189 Å². The van der Waals surface area contributed by atoms with Crippen molar-refractivity contribution in [3.63, 3.8) is 0 Å². The number of hydrogen-bond donors (Lipinski definition) is 1. The summed E-state index contributed by atoms with van der Waals surface area (Å²) in [7, 11) is 0. The molecule has 2 nitrogen and oxygen atoms in total. The molecule has 0 bridgehead atoms. The number of benzene rings is 6. The van der Waals surface area contributed by atoms with Gasteiger partial charge in [0.05, 0.1) is 6.07 Å². The Morgan fingerprint density at radius 2 is 0.587 bits per heavy atom. The van der Waals surface area contributed by atoms with E-state index in [9.17, 15) is 57.8 Å². The fourth-order valence-corrected chi connectivity index (χ4v) is 7.00. The van der Waals surface area contributed by atoms with Gasteiger partial charge in [0, 0.05) is 10.9 Å². The second kappa shape index (κ2) is 16.8. The van der Waals surface area contributed by atoms with Crippen LogP contribution in [-0.4, -0.2) is 11.3 Å². The van der Waals surface area contributed by atoms with E-state index in [-0.39, 0.29) is 5.88 Å². The molecule has 0 aliphatic rings. The maximum absolute atomic E-state index is 15.4. The van der Waals surface area contributed by atoms with Crippen LogP contribution in [0.3, 0.4) is 0 Å². The lowest BCUT2D eigenvalue weighted by molar-refractivity contribution is -0.692. The maximum Gasteiger partial charge on any atom is 0.366 e. The molecule has 0 amide bonds. The average Bonchev–Trinajstić information content (AvgIpc) is 3.27. The molecule has 23 heteroatoms. The molecule has 0 radical (unpaired) electrons. The molecule has 0 atom stereocenters. The van der Waals surface area contributed by atoms with Crippen LogP contribution in [0.2, 0.25) is 0 Å². The first kappa shape index (κ1) is 45.7. The number of aromatic hydroxyl groups is 1. The zero-order valence-electron chi connectivity index (χ0n) is 30.1. The first-order valence-electron chi connectivity index (χ1n) is 16.9. The van der Waals surface area contributed by atoms with Crippen molar-refractivity contribution >= 4 is 38.8 Å². The van der Waals surface area contributed by atoms with Gasteiger partial charge in [-0.25, -0.2) is 87.8 Å². The standard InChI is InChI=1S/C24BF20.C16H13NO/c26-5-1(6(27)14(35)21(42)13(5)34)25(2-7(28)15(36)22(43)16(37)8(2)29,3-9(30)17(38)23(44)18(39)10(3)31)4-11(32)19(40)24(45)20(41)12(4)33;18-16-10-14-8-4-5-9-15(14)12-17(16)11-13-6-2-1-3-7-13/h;1-10,12H,11H2/q-1;/p+1. The summed E-state index contributed by atoms with van der Waals surface area (Å²) >= 11 is 0. The van der Waals surface area contributed by atoms with Gasteiger partial charge in [-0.1, -0.05) is 48.5 Å². The monoisotopic (exact) mass is 915 g/mol. The predicted molar refractivity (Wildman–Crippen MR) is 181 cm³/mol. The van der Waals surface area contributed by atoms with Gasteiger partial charge in [-0.2, -0.15) is 4.57 Å². The van der Waals surface area contributed by atoms with E-state index in [0.29, 0.717) is 6.54 Å². The number of nitrogens with zero attached hydrogens (tertiary/aromatic N) is 1. The number of fused-ring (bicyclic) bond motifs is 1.